The highest BCUT2D eigenvalue weighted by Gasteiger charge is 2.35. The van der Waals surface area contributed by atoms with E-state index in [4.69, 9.17) is 5.26 Å². The lowest BCUT2D eigenvalue weighted by Gasteiger charge is -2.15. The maximum absolute atomic E-state index is 13.5. The number of aromatic hydroxyl groups is 1. The van der Waals surface area contributed by atoms with E-state index >= 15 is 0 Å². The van der Waals surface area contributed by atoms with Gasteiger partial charge in [-0.2, -0.15) is 23.4 Å². The zero-order valence-electron chi connectivity index (χ0n) is 17.7. The third kappa shape index (κ3) is 6.26. The molecule has 0 bridgehead atoms. The molecule has 1 heterocycles. The first-order chi connectivity index (χ1) is 16.0. The fraction of sp³-hybridized carbons (Fsp3) is 0.190. The third-order valence-corrected chi connectivity index (χ3v) is 5.82. The molecule has 0 radical (unpaired) electrons. The van der Waals surface area contributed by atoms with E-state index < -0.39 is 27.6 Å². The lowest BCUT2D eigenvalue weighted by molar-refractivity contribution is -0.137. The molecule has 2 aromatic carbocycles. The number of rotatable bonds is 8. The summed E-state index contributed by atoms with van der Waals surface area (Å²) in [4.78, 5) is 7.59. The van der Waals surface area contributed by atoms with Crippen LogP contribution in [0.4, 0.5) is 36.3 Å². The van der Waals surface area contributed by atoms with Gasteiger partial charge < -0.3 is 15.7 Å². The molecule has 3 rings (SSSR count). The van der Waals surface area contributed by atoms with Crippen molar-refractivity contribution in [1.82, 2.24) is 9.97 Å². The third-order valence-electron chi connectivity index (χ3n) is 4.51. The molecule has 9 nitrogen and oxygen atoms in total. The molecule has 34 heavy (non-hydrogen) atoms. The Kier molecular flexibility index (Phi) is 7.11. The van der Waals surface area contributed by atoms with Crippen molar-refractivity contribution in [3.8, 4) is 11.8 Å². The second-order valence-corrected chi connectivity index (χ2v) is 8.99. The molecule has 0 fully saturated rings. The van der Waals surface area contributed by atoms with Gasteiger partial charge >= 0.3 is 6.18 Å². The number of sulfonamides is 1. The molecule has 4 N–H and O–H groups in total. The molecule has 13 heteroatoms. The van der Waals surface area contributed by atoms with Crippen molar-refractivity contribution < 1.29 is 26.7 Å². The maximum atomic E-state index is 13.5. The summed E-state index contributed by atoms with van der Waals surface area (Å²) >= 11 is 0. The predicted molar refractivity (Wildman–Crippen MR) is 120 cm³/mol. The van der Waals surface area contributed by atoms with Crippen molar-refractivity contribution in [3.63, 3.8) is 0 Å². The van der Waals surface area contributed by atoms with Crippen LogP contribution in [0.3, 0.4) is 0 Å². The molecule has 1 aromatic heterocycles. The van der Waals surface area contributed by atoms with Crippen LogP contribution in [0.15, 0.2) is 48.7 Å². The number of phenolic OH excluding ortho intramolecular Hbond substituents is 1. The van der Waals surface area contributed by atoms with Gasteiger partial charge in [0.15, 0.2) is 0 Å². The SMILES string of the molecule is CCS(=O)(=O)Nc1cccc(CNc2nc(Nc3ccc(C#N)c(O)c3)ncc2C(F)(F)F)c1. The van der Waals surface area contributed by atoms with Gasteiger partial charge in [-0.25, -0.2) is 13.4 Å². The van der Waals surface area contributed by atoms with E-state index in [1.54, 1.807) is 18.2 Å². The number of nitriles is 1. The second kappa shape index (κ2) is 9.84. The molecule has 3 aromatic rings. The summed E-state index contributed by atoms with van der Waals surface area (Å²) in [5.41, 5.74) is -0.0104. The minimum Gasteiger partial charge on any atom is -0.506 e. The summed E-state index contributed by atoms with van der Waals surface area (Å²) in [6, 6.07) is 12.0. The van der Waals surface area contributed by atoms with Gasteiger partial charge in [0.05, 0.1) is 11.3 Å². The smallest absolute Gasteiger partial charge is 0.421 e. The van der Waals surface area contributed by atoms with E-state index in [9.17, 15) is 26.7 Å². The number of nitrogens with one attached hydrogen (secondary N) is 3. The molecule has 0 atom stereocenters. The minimum absolute atomic E-state index is 0.0321. The Morgan fingerprint density at radius 2 is 1.91 bits per heavy atom. The topological polar surface area (TPSA) is 140 Å². The van der Waals surface area contributed by atoms with Crippen molar-refractivity contribution in [2.75, 3.05) is 21.1 Å². The lowest BCUT2D eigenvalue weighted by atomic mass is 10.2. The first-order valence-electron chi connectivity index (χ1n) is 9.78. The van der Waals surface area contributed by atoms with Gasteiger partial charge in [0.25, 0.3) is 0 Å². The van der Waals surface area contributed by atoms with E-state index in [1.165, 1.54) is 37.3 Å². The number of alkyl halides is 3. The molecule has 0 saturated heterocycles. The van der Waals surface area contributed by atoms with Crippen LogP contribution in [0, 0.1) is 11.3 Å². The summed E-state index contributed by atoms with van der Waals surface area (Å²) in [6.45, 7) is 1.39. The van der Waals surface area contributed by atoms with Gasteiger partial charge in [-0.15, -0.1) is 0 Å². The number of halogens is 3. The maximum Gasteiger partial charge on any atom is 0.421 e. The van der Waals surface area contributed by atoms with E-state index in [0.29, 0.717) is 11.8 Å². The number of aromatic nitrogens is 2. The first-order valence-corrected chi connectivity index (χ1v) is 11.4. The molecular formula is C21H19F3N6O3S. The average Bonchev–Trinajstić information content (AvgIpc) is 2.77. The quantitative estimate of drug-likeness (QED) is 0.367. The summed E-state index contributed by atoms with van der Waals surface area (Å²) in [5.74, 6) is -1.11. The number of hydrogen-bond acceptors (Lipinski definition) is 8. The van der Waals surface area contributed by atoms with Crippen molar-refractivity contribution in [1.29, 1.82) is 5.26 Å². The van der Waals surface area contributed by atoms with Gasteiger partial charge in [-0.1, -0.05) is 12.1 Å². The average molecular weight is 492 g/mol. The Labute approximate surface area is 193 Å². The van der Waals surface area contributed by atoms with E-state index in [-0.39, 0.29) is 40.9 Å². The largest absolute Gasteiger partial charge is 0.506 e. The summed E-state index contributed by atoms with van der Waals surface area (Å²) in [6.07, 6.45) is -4.11. The molecule has 0 aliphatic carbocycles. The van der Waals surface area contributed by atoms with Crippen LogP contribution in [0.5, 0.6) is 5.75 Å². The van der Waals surface area contributed by atoms with Gasteiger partial charge in [0.2, 0.25) is 16.0 Å². The highest BCUT2D eigenvalue weighted by atomic mass is 32.2. The van der Waals surface area contributed by atoms with Crippen LogP contribution in [-0.4, -0.2) is 29.2 Å². The lowest BCUT2D eigenvalue weighted by Crippen LogP contribution is -2.15. The second-order valence-electron chi connectivity index (χ2n) is 6.98. The predicted octanol–water partition coefficient (Wildman–Crippen LogP) is 4.19. The Hall–Kier alpha value is -4.05. The fourth-order valence-electron chi connectivity index (χ4n) is 2.80. The highest BCUT2D eigenvalue weighted by Crippen LogP contribution is 2.34. The summed E-state index contributed by atoms with van der Waals surface area (Å²) < 4.78 is 66.3. The van der Waals surface area contributed by atoms with Crippen molar-refractivity contribution in [2.24, 2.45) is 0 Å². The van der Waals surface area contributed by atoms with Gasteiger partial charge in [0.1, 0.15) is 23.2 Å². The molecule has 0 amide bonds. The first kappa shape index (κ1) is 24.6. The van der Waals surface area contributed by atoms with Crippen LogP contribution in [-0.2, 0) is 22.7 Å². The van der Waals surface area contributed by atoms with E-state index in [1.807, 2.05) is 0 Å². The number of nitrogens with zero attached hydrogens (tertiary/aromatic N) is 3. The Morgan fingerprint density at radius 1 is 1.15 bits per heavy atom. The molecule has 0 unspecified atom stereocenters. The van der Waals surface area contributed by atoms with E-state index in [0.717, 1.165) is 0 Å². The standard InChI is InChI=1S/C21H19F3N6O3S/c1-2-34(32,33)30-16-5-3-4-13(8-16)11-26-19-17(21(22,23)24)12-27-20(29-19)28-15-7-6-14(10-25)18(31)9-15/h3-9,12,30-31H,2,11H2,1H3,(H2,26,27,28,29). The van der Waals surface area contributed by atoms with Crippen LogP contribution in [0.25, 0.3) is 0 Å². The van der Waals surface area contributed by atoms with Crippen LogP contribution in [0.2, 0.25) is 0 Å². The molecular weight excluding hydrogens is 473 g/mol. The van der Waals surface area contributed by atoms with Crippen molar-refractivity contribution in [2.45, 2.75) is 19.6 Å². The van der Waals surface area contributed by atoms with Gasteiger partial charge in [0, 0.05) is 30.2 Å². The summed E-state index contributed by atoms with van der Waals surface area (Å²) in [7, 11) is -3.51. The van der Waals surface area contributed by atoms with Crippen LogP contribution >= 0.6 is 0 Å². The van der Waals surface area contributed by atoms with Gasteiger partial charge in [-0.3, -0.25) is 4.72 Å². The highest BCUT2D eigenvalue weighted by molar-refractivity contribution is 7.92. The fourth-order valence-corrected chi connectivity index (χ4v) is 3.43. The van der Waals surface area contributed by atoms with E-state index in [2.05, 4.69) is 25.3 Å². The number of hydrogen-bond donors (Lipinski definition) is 4. The van der Waals surface area contributed by atoms with Gasteiger partial charge in [-0.05, 0) is 36.8 Å². The Morgan fingerprint density at radius 3 is 2.56 bits per heavy atom. The normalized spacial score (nSPS) is 11.5. The van der Waals surface area contributed by atoms with Crippen molar-refractivity contribution >= 4 is 33.2 Å². The van der Waals surface area contributed by atoms with Crippen LogP contribution < -0.4 is 15.4 Å². The summed E-state index contributed by atoms with van der Waals surface area (Å²) in [5, 5.41) is 24.0. The molecule has 0 aliphatic heterocycles. The molecule has 0 spiro atoms. The number of anilines is 4. The zero-order valence-corrected chi connectivity index (χ0v) is 18.5. The molecule has 0 aliphatic rings. The number of phenols is 1. The zero-order chi connectivity index (χ0) is 24.9. The molecule has 0 saturated carbocycles. The Bertz CT molecular complexity index is 1340. The Balaban J connectivity index is 1.84. The minimum atomic E-state index is -4.73. The number of benzene rings is 2. The molecule has 178 valence electrons. The van der Waals surface area contributed by atoms with Crippen molar-refractivity contribution in [3.05, 3.63) is 65.4 Å². The van der Waals surface area contributed by atoms with Crippen LogP contribution in [0.1, 0.15) is 23.6 Å². The monoisotopic (exact) mass is 492 g/mol.